The third-order valence-corrected chi connectivity index (χ3v) is 3.05. The van der Waals surface area contributed by atoms with E-state index in [1.807, 2.05) is 26.0 Å². The Morgan fingerprint density at radius 2 is 1.80 bits per heavy atom. The second-order valence-corrected chi connectivity index (χ2v) is 4.76. The molecule has 0 saturated carbocycles. The van der Waals surface area contributed by atoms with Crippen molar-refractivity contribution in [3.05, 3.63) is 63.2 Å². The quantitative estimate of drug-likeness (QED) is 0.659. The van der Waals surface area contributed by atoms with Gasteiger partial charge in [-0.2, -0.15) is 0 Å². The minimum Gasteiger partial charge on any atom is -0.508 e. The maximum Gasteiger partial charge on any atom is 0.292 e. The molecule has 20 heavy (non-hydrogen) atoms. The fourth-order valence-corrected chi connectivity index (χ4v) is 2.00. The number of aromatic hydroxyl groups is 1. The number of rotatable bonds is 4. The van der Waals surface area contributed by atoms with Gasteiger partial charge in [0.2, 0.25) is 0 Å². The molecule has 0 aliphatic carbocycles. The Morgan fingerprint density at radius 1 is 1.15 bits per heavy atom. The molecule has 0 spiro atoms. The summed E-state index contributed by atoms with van der Waals surface area (Å²) in [6.45, 7) is 4.13. The number of aryl methyl sites for hydroxylation is 2. The number of benzene rings is 2. The van der Waals surface area contributed by atoms with Crippen LogP contribution < -0.4 is 5.32 Å². The Labute approximate surface area is 117 Å². The van der Waals surface area contributed by atoms with E-state index >= 15 is 0 Å². The van der Waals surface area contributed by atoms with E-state index in [1.54, 1.807) is 18.2 Å². The van der Waals surface area contributed by atoms with Crippen LogP contribution in [0.3, 0.4) is 0 Å². The van der Waals surface area contributed by atoms with Gasteiger partial charge in [0.1, 0.15) is 11.4 Å². The van der Waals surface area contributed by atoms with Crippen LogP contribution >= 0.6 is 0 Å². The lowest BCUT2D eigenvalue weighted by atomic mass is 10.1. The normalized spacial score (nSPS) is 10.3. The van der Waals surface area contributed by atoms with E-state index in [-0.39, 0.29) is 11.4 Å². The van der Waals surface area contributed by atoms with Crippen molar-refractivity contribution in [2.75, 3.05) is 5.32 Å². The van der Waals surface area contributed by atoms with Crippen molar-refractivity contribution in [3.63, 3.8) is 0 Å². The Bertz CT molecular complexity index is 654. The zero-order valence-corrected chi connectivity index (χ0v) is 11.4. The molecule has 2 aromatic carbocycles. The van der Waals surface area contributed by atoms with Gasteiger partial charge in [-0.3, -0.25) is 10.1 Å². The molecule has 0 unspecified atom stereocenters. The molecule has 2 rings (SSSR count). The predicted molar refractivity (Wildman–Crippen MR) is 78.0 cm³/mol. The number of phenolic OH excluding ortho intramolecular Hbond substituents is 1. The first-order valence-corrected chi connectivity index (χ1v) is 6.25. The zero-order chi connectivity index (χ0) is 14.7. The van der Waals surface area contributed by atoms with Crippen LogP contribution in [0.5, 0.6) is 5.75 Å². The van der Waals surface area contributed by atoms with Gasteiger partial charge < -0.3 is 10.4 Å². The summed E-state index contributed by atoms with van der Waals surface area (Å²) in [7, 11) is 0. The van der Waals surface area contributed by atoms with Gasteiger partial charge in [0.05, 0.1) is 4.92 Å². The van der Waals surface area contributed by atoms with Crippen molar-refractivity contribution < 1.29 is 10.0 Å². The lowest BCUT2D eigenvalue weighted by Gasteiger charge is -2.10. The van der Waals surface area contributed by atoms with E-state index in [2.05, 4.69) is 5.32 Å². The van der Waals surface area contributed by atoms with E-state index < -0.39 is 4.92 Å². The van der Waals surface area contributed by atoms with Crippen molar-refractivity contribution in [3.8, 4) is 5.75 Å². The fraction of sp³-hybridized carbons (Fsp3) is 0.200. The van der Waals surface area contributed by atoms with Gasteiger partial charge >= 0.3 is 0 Å². The summed E-state index contributed by atoms with van der Waals surface area (Å²) in [6.07, 6.45) is 0. The van der Waals surface area contributed by atoms with Crippen molar-refractivity contribution in [1.29, 1.82) is 0 Å². The van der Waals surface area contributed by atoms with E-state index in [1.165, 1.54) is 6.07 Å². The molecule has 0 fully saturated rings. The third-order valence-electron chi connectivity index (χ3n) is 3.05. The predicted octanol–water partition coefficient (Wildman–Crippen LogP) is 3.53. The molecule has 2 aromatic rings. The van der Waals surface area contributed by atoms with Crippen molar-refractivity contribution in [1.82, 2.24) is 0 Å². The number of hydrogen-bond donors (Lipinski definition) is 2. The molecule has 5 nitrogen and oxygen atoms in total. The Balaban J connectivity index is 2.24. The molecule has 0 radical (unpaired) electrons. The number of nitrogens with one attached hydrogen (secondary N) is 1. The monoisotopic (exact) mass is 272 g/mol. The Morgan fingerprint density at radius 3 is 2.50 bits per heavy atom. The van der Waals surface area contributed by atoms with Crippen molar-refractivity contribution >= 4 is 11.4 Å². The maximum atomic E-state index is 11.0. The second kappa shape index (κ2) is 5.61. The van der Waals surface area contributed by atoms with Crippen LogP contribution in [0.25, 0.3) is 0 Å². The summed E-state index contributed by atoms with van der Waals surface area (Å²) >= 11 is 0. The average molecular weight is 272 g/mol. The SMILES string of the molecule is Cc1ccc(O)c(CNc2cc(C)ccc2[N+](=O)[O-])c1. The lowest BCUT2D eigenvalue weighted by molar-refractivity contribution is -0.384. The van der Waals surface area contributed by atoms with Gasteiger partial charge in [-0.15, -0.1) is 0 Å². The number of hydrogen-bond acceptors (Lipinski definition) is 4. The summed E-state index contributed by atoms with van der Waals surface area (Å²) in [5.41, 5.74) is 3.16. The molecule has 0 atom stereocenters. The topological polar surface area (TPSA) is 75.4 Å². The summed E-state index contributed by atoms with van der Waals surface area (Å²) in [6, 6.07) is 10.2. The van der Waals surface area contributed by atoms with Gasteiger partial charge in [0, 0.05) is 18.2 Å². The van der Waals surface area contributed by atoms with Crippen LogP contribution in [0.1, 0.15) is 16.7 Å². The highest BCUT2D eigenvalue weighted by Crippen LogP contribution is 2.27. The highest BCUT2D eigenvalue weighted by molar-refractivity contribution is 5.63. The number of nitro groups is 1. The molecule has 2 N–H and O–H groups in total. The smallest absolute Gasteiger partial charge is 0.292 e. The van der Waals surface area contributed by atoms with Crippen LogP contribution in [-0.2, 0) is 6.54 Å². The molecule has 0 aliphatic rings. The average Bonchev–Trinajstić information content (AvgIpc) is 2.39. The third kappa shape index (κ3) is 3.06. The van der Waals surface area contributed by atoms with Gasteiger partial charge in [-0.25, -0.2) is 0 Å². The molecule has 0 aromatic heterocycles. The van der Waals surface area contributed by atoms with E-state index in [4.69, 9.17) is 0 Å². The second-order valence-electron chi connectivity index (χ2n) is 4.76. The van der Waals surface area contributed by atoms with Gasteiger partial charge in [-0.1, -0.05) is 23.8 Å². The Hall–Kier alpha value is -2.56. The van der Waals surface area contributed by atoms with E-state index in [0.717, 1.165) is 11.1 Å². The summed E-state index contributed by atoms with van der Waals surface area (Å²) < 4.78 is 0. The lowest BCUT2D eigenvalue weighted by Crippen LogP contribution is -2.03. The first kappa shape index (κ1) is 13.9. The van der Waals surface area contributed by atoms with Gasteiger partial charge in [0.15, 0.2) is 0 Å². The van der Waals surface area contributed by atoms with Crippen molar-refractivity contribution in [2.24, 2.45) is 0 Å². The van der Waals surface area contributed by atoms with Crippen molar-refractivity contribution in [2.45, 2.75) is 20.4 Å². The summed E-state index contributed by atoms with van der Waals surface area (Å²) in [5, 5.41) is 23.8. The molecular formula is C15H16N2O3. The van der Waals surface area contributed by atoms with Crippen LogP contribution in [0.2, 0.25) is 0 Å². The standard InChI is InChI=1S/C15H16N2O3/c1-10-4-6-15(18)12(7-10)9-16-13-8-11(2)3-5-14(13)17(19)20/h3-8,16,18H,9H2,1-2H3. The molecule has 0 aliphatic heterocycles. The molecule has 0 bridgehead atoms. The van der Waals surface area contributed by atoms with E-state index in [9.17, 15) is 15.2 Å². The highest BCUT2D eigenvalue weighted by atomic mass is 16.6. The van der Waals surface area contributed by atoms with E-state index in [0.29, 0.717) is 17.8 Å². The summed E-state index contributed by atoms with van der Waals surface area (Å²) in [5.74, 6) is 0.179. The van der Waals surface area contributed by atoms with Crippen LogP contribution in [0, 0.1) is 24.0 Å². The molecule has 0 heterocycles. The van der Waals surface area contributed by atoms with Gasteiger partial charge in [-0.05, 0) is 31.5 Å². The number of nitro benzene ring substituents is 1. The molecule has 0 amide bonds. The van der Waals surface area contributed by atoms with Crippen LogP contribution in [0.15, 0.2) is 36.4 Å². The van der Waals surface area contributed by atoms with Gasteiger partial charge in [0.25, 0.3) is 5.69 Å². The Kier molecular flexibility index (Phi) is 3.89. The minimum absolute atomic E-state index is 0.0303. The molecule has 5 heteroatoms. The number of nitrogens with zero attached hydrogens (tertiary/aromatic N) is 1. The molecule has 0 saturated heterocycles. The molecule has 104 valence electrons. The minimum atomic E-state index is -0.419. The summed E-state index contributed by atoms with van der Waals surface area (Å²) in [4.78, 5) is 10.6. The first-order valence-electron chi connectivity index (χ1n) is 6.25. The zero-order valence-electron chi connectivity index (χ0n) is 11.4. The first-order chi connectivity index (χ1) is 9.47. The van der Waals surface area contributed by atoms with Crippen LogP contribution in [0.4, 0.5) is 11.4 Å². The largest absolute Gasteiger partial charge is 0.508 e. The number of phenols is 1. The number of anilines is 1. The van der Waals surface area contributed by atoms with Crippen LogP contribution in [-0.4, -0.2) is 10.0 Å². The fourth-order valence-electron chi connectivity index (χ4n) is 2.00. The maximum absolute atomic E-state index is 11.0. The molecular weight excluding hydrogens is 256 g/mol. The highest BCUT2D eigenvalue weighted by Gasteiger charge is 2.13.